The lowest BCUT2D eigenvalue weighted by atomic mass is 10.1. The third-order valence-electron chi connectivity index (χ3n) is 2.30. The van der Waals surface area contributed by atoms with Gasteiger partial charge in [-0.15, -0.1) is 0 Å². The van der Waals surface area contributed by atoms with E-state index in [0.717, 1.165) is 5.92 Å². The van der Waals surface area contributed by atoms with E-state index in [1.54, 1.807) is 0 Å². The zero-order chi connectivity index (χ0) is 8.97. The summed E-state index contributed by atoms with van der Waals surface area (Å²) in [6.45, 7) is 2.48. The summed E-state index contributed by atoms with van der Waals surface area (Å²) in [7, 11) is 0. The first-order valence-electron chi connectivity index (χ1n) is 4.74. The van der Waals surface area contributed by atoms with Crippen molar-refractivity contribution in [2.45, 2.75) is 38.3 Å². The quantitative estimate of drug-likeness (QED) is 0.534. The maximum Gasteiger partial charge on any atom is 0.0895 e. The van der Waals surface area contributed by atoms with E-state index in [2.05, 4.69) is 12.2 Å². The van der Waals surface area contributed by atoms with E-state index in [1.807, 2.05) is 0 Å². The lowest BCUT2D eigenvalue weighted by Crippen LogP contribution is -2.35. The van der Waals surface area contributed by atoms with Crippen LogP contribution in [0.15, 0.2) is 0 Å². The number of hydrogen-bond acceptors (Lipinski definition) is 3. The van der Waals surface area contributed by atoms with Crippen LogP contribution in [0.2, 0.25) is 0 Å². The van der Waals surface area contributed by atoms with E-state index in [9.17, 15) is 0 Å². The fourth-order valence-electron chi connectivity index (χ4n) is 1.34. The molecule has 2 unspecified atom stereocenters. The summed E-state index contributed by atoms with van der Waals surface area (Å²) in [5.41, 5.74) is 0. The van der Waals surface area contributed by atoms with Crippen LogP contribution in [0.3, 0.4) is 0 Å². The van der Waals surface area contributed by atoms with E-state index in [4.69, 9.17) is 10.2 Å². The van der Waals surface area contributed by atoms with Crippen LogP contribution in [0.25, 0.3) is 0 Å². The molecule has 1 saturated carbocycles. The number of hydrogen-bond donors (Lipinski definition) is 3. The molecule has 1 rings (SSSR count). The van der Waals surface area contributed by atoms with Crippen molar-refractivity contribution in [2.24, 2.45) is 5.92 Å². The molecule has 0 radical (unpaired) electrons. The summed E-state index contributed by atoms with van der Waals surface area (Å²) in [4.78, 5) is 0. The Balaban J connectivity index is 1.96. The Morgan fingerprint density at radius 3 is 2.67 bits per heavy atom. The van der Waals surface area contributed by atoms with Crippen LogP contribution < -0.4 is 5.32 Å². The lowest BCUT2D eigenvalue weighted by Gasteiger charge is -2.15. The maximum atomic E-state index is 9.04. The Hall–Kier alpha value is -0.120. The molecular formula is C9H19NO2. The molecule has 0 saturated heterocycles. The van der Waals surface area contributed by atoms with Gasteiger partial charge in [-0.05, 0) is 19.3 Å². The van der Waals surface area contributed by atoms with Crippen molar-refractivity contribution in [3.8, 4) is 0 Å². The molecular weight excluding hydrogens is 154 g/mol. The lowest BCUT2D eigenvalue weighted by molar-refractivity contribution is 0.0919. The first-order valence-corrected chi connectivity index (χ1v) is 4.74. The van der Waals surface area contributed by atoms with Gasteiger partial charge in [0.05, 0.1) is 12.7 Å². The second-order valence-corrected chi connectivity index (χ2v) is 3.82. The van der Waals surface area contributed by atoms with Gasteiger partial charge in [0, 0.05) is 12.6 Å². The molecule has 0 amide bonds. The number of aliphatic hydroxyl groups excluding tert-OH is 2. The summed E-state index contributed by atoms with van der Waals surface area (Å²) < 4.78 is 0. The van der Waals surface area contributed by atoms with Crippen LogP contribution in [0.1, 0.15) is 26.2 Å². The fraction of sp³-hybridized carbons (Fsp3) is 1.00. The van der Waals surface area contributed by atoms with Crippen molar-refractivity contribution in [3.05, 3.63) is 0 Å². The van der Waals surface area contributed by atoms with Gasteiger partial charge in [-0.1, -0.05) is 12.8 Å². The molecule has 0 bridgehead atoms. The molecule has 0 aromatic heterocycles. The van der Waals surface area contributed by atoms with E-state index in [-0.39, 0.29) is 6.61 Å². The highest BCUT2D eigenvalue weighted by Gasteiger charge is 2.23. The summed E-state index contributed by atoms with van der Waals surface area (Å²) in [6, 6.07) is 0.471. The highest BCUT2D eigenvalue weighted by molar-refractivity contribution is 4.78. The van der Waals surface area contributed by atoms with Crippen molar-refractivity contribution in [1.82, 2.24) is 5.32 Å². The Morgan fingerprint density at radius 1 is 1.50 bits per heavy atom. The number of aliphatic hydroxyl groups is 2. The summed E-state index contributed by atoms with van der Waals surface area (Å²) in [6.07, 6.45) is 3.34. The van der Waals surface area contributed by atoms with Crippen LogP contribution in [-0.2, 0) is 0 Å². The van der Waals surface area contributed by atoms with Crippen molar-refractivity contribution in [1.29, 1.82) is 0 Å². The highest BCUT2D eigenvalue weighted by atomic mass is 16.3. The van der Waals surface area contributed by atoms with Gasteiger partial charge in [0.15, 0.2) is 0 Å². The Kier molecular flexibility index (Phi) is 3.98. The smallest absolute Gasteiger partial charge is 0.0895 e. The largest absolute Gasteiger partial charge is 0.394 e. The van der Waals surface area contributed by atoms with Gasteiger partial charge in [-0.2, -0.15) is 0 Å². The van der Waals surface area contributed by atoms with Crippen molar-refractivity contribution >= 4 is 0 Å². The average molecular weight is 173 g/mol. The topological polar surface area (TPSA) is 52.5 Å². The molecule has 0 aliphatic heterocycles. The molecule has 0 aromatic rings. The van der Waals surface area contributed by atoms with Gasteiger partial charge in [0.25, 0.3) is 0 Å². The van der Waals surface area contributed by atoms with Crippen LogP contribution in [0.5, 0.6) is 0 Å². The van der Waals surface area contributed by atoms with Gasteiger partial charge < -0.3 is 15.5 Å². The second-order valence-electron chi connectivity index (χ2n) is 3.82. The minimum atomic E-state index is -0.605. The predicted octanol–water partition coefficient (Wildman–Crippen LogP) is 0.118. The van der Waals surface area contributed by atoms with Gasteiger partial charge >= 0.3 is 0 Å². The molecule has 0 aromatic carbocycles. The van der Waals surface area contributed by atoms with E-state index < -0.39 is 6.10 Å². The summed E-state index contributed by atoms with van der Waals surface area (Å²) >= 11 is 0. The molecule has 1 aliphatic carbocycles. The molecule has 0 heterocycles. The Bertz CT molecular complexity index is 126. The van der Waals surface area contributed by atoms with Crippen LogP contribution in [-0.4, -0.2) is 35.5 Å². The summed E-state index contributed by atoms with van der Waals surface area (Å²) in [5.74, 6) is 0.916. The van der Waals surface area contributed by atoms with Crippen LogP contribution in [0.4, 0.5) is 0 Å². The van der Waals surface area contributed by atoms with Gasteiger partial charge in [-0.25, -0.2) is 0 Å². The third-order valence-corrected chi connectivity index (χ3v) is 2.30. The normalized spacial score (nSPS) is 22.2. The molecule has 2 atom stereocenters. The Morgan fingerprint density at radius 2 is 2.17 bits per heavy atom. The predicted molar refractivity (Wildman–Crippen MR) is 47.9 cm³/mol. The monoisotopic (exact) mass is 173 g/mol. The van der Waals surface area contributed by atoms with E-state index in [1.165, 1.54) is 19.3 Å². The highest BCUT2D eigenvalue weighted by Crippen LogP contribution is 2.33. The maximum absolute atomic E-state index is 9.04. The van der Waals surface area contributed by atoms with E-state index >= 15 is 0 Å². The number of nitrogens with one attached hydrogen (secondary N) is 1. The first kappa shape index (κ1) is 9.96. The minimum absolute atomic E-state index is 0.150. The molecule has 72 valence electrons. The second kappa shape index (κ2) is 4.80. The zero-order valence-corrected chi connectivity index (χ0v) is 7.66. The Labute approximate surface area is 73.8 Å². The van der Waals surface area contributed by atoms with Crippen molar-refractivity contribution < 1.29 is 10.2 Å². The molecule has 12 heavy (non-hydrogen) atoms. The van der Waals surface area contributed by atoms with E-state index in [0.29, 0.717) is 12.6 Å². The molecule has 3 heteroatoms. The molecule has 1 aliphatic rings. The molecule has 0 spiro atoms. The summed E-state index contributed by atoms with van der Waals surface area (Å²) in [5, 5.41) is 20.8. The van der Waals surface area contributed by atoms with Gasteiger partial charge in [0.1, 0.15) is 0 Å². The minimum Gasteiger partial charge on any atom is -0.394 e. The molecule has 3 N–H and O–H groups in total. The van der Waals surface area contributed by atoms with Gasteiger partial charge in [0.2, 0.25) is 0 Å². The fourth-order valence-corrected chi connectivity index (χ4v) is 1.34. The first-order chi connectivity index (χ1) is 5.72. The third kappa shape index (κ3) is 4.04. The van der Waals surface area contributed by atoms with Crippen LogP contribution >= 0.6 is 0 Å². The molecule has 3 nitrogen and oxygen atoms in total. The average Bonchev–Trinajstić information content (AvgIpc) is 2.84. The SMILES string of the molecule is CC(CC1CC1)NCC(O)CO. The number of rotatable bonds is 6. The van der Waals surface area contributed by atoms with Gasteiger partial charge in [-0.3, -0.25) is 0 Å². The molecule has 1 fully saturated rings. The van der Waals surface area contributed by atoms with Crippen LogP contribution in [0, 0.1) is 5.92 Å². The zero-order valence-electron chi connectivity index (χ0n) is 7.66. The standard InChI is InChI=1S/C9H19NO2/c1-7(4-8-2-3-8)10-5-9(12)6-11/h7-12H,2-6H2,1H3. The van der Waals surface area contributed by atoms with Crippen molar-refractivity contribution in [3.63, 3.8) is 0 Å². The van der Waals surface area contributed by atoms with Crippen molar-refractivity contribution in [2.75, 3.05) is 13.2 Å².